The molecule has 10 nitrogen and oxygen atoms in total. The van der Waals surface area contributed by atoms with Crippen molar-refractivity contribution in [1.29, 1.82) is 0 Å². The molecular weight excluding hydrogens is 488 g/mol. The van der Waals surface area contributed by atoms with Crippen molar-refractivity contribution in [3.63, 3.8) is 0 Å². The summed E-state index contributed by atoms with van der Waals surface area (Å²) < 4.78 is 10.3. The fourth-order valence-electron chi connectivity index (χ4n) is 4.74. The molecule has 4 rings (SSSR count). The summed E-state index contributed by atoms with van der Waals surface area (Å²) in [5.74, 6) is 0.435. The molecule has 4 amide bonds. The van der Waals surface area contributed by atoms with Gasteiger partial charge in [0.2, 0.25) is 11.8 Å². The summed E-state index contributed by atoms with van der Waals surface area (Å²) in [6.45, 7) is 1.28. The highest BCUT2D eigenvalue weighted by molar-refractivity contribution is 6.23. The van der Waals surface area contributed by atoms with Crippen molar-refractivity contribution in [1.82, 2.24) is 10.6 Å². The number of carbonyl (C=O) groups excluding carboxylic acids is 4. The number of nitrogens with zero attached hydrogens (tertiary/aromatic N) is 2. The van der Waals surface area contributed by atoms with E-state index in [1.165, 1.54) is 9.80 Å². The van der Waals surface area contributed by atoms with Crippen LogP contribution in [0.3, 0.4) is 0 Å². The number of amides is 4. The maximum atomic E-state index is 12.7. The van der Waals surface area contributed by atoms with E-state index in [0.717, 1.165) is 25.7 Å². The van der Waals surface area contributed by atoms with Crippen molar-refractivity contribution >= 4 is 35.0 Å². The molecule has 0 unspecified atom stereocenters. The molecule has 38 heavy (non-hydrogen) atoms. The van der Waals surface area contributed by atoms with Crippen LogP contribution < -0.4 is 29.9 Å². The zero-order valence-electron chi connectivity index (χ0n) is 21.8. The fourth-order valence-corrected chi connectivity index (χ4v) is 4.74. The number of unbranched alkanes of at least 4 members (excludes halogenated alkanes) is 3. The molecule has 2 saturated heterocycles. The third kappa shape index (κ3) is 6.20. The van der Waals surface area contributed by atoms with Crippen molar-refractivity contribution in [2.75, 3.05) is 37.1 Å². The number of methoxy groups -OCH3 is 2. The first-order valence-corrected chi connectivity index (χ1v) is 12.9. The van der Waals surface area contributed by atoms with E-state index in [1.54, 1.807) is 62.8 Å². The van der Waals surface area contributed by atoms with Gasteiger partial charge in [-0.05, 0) is 74.5 Å². The van der Waals surface area contributed by atoms with Crippen LogP contribution in [0, 0.1) is 0 Å². The lowest BCUT2D eigenvalue weighted by Gasteiger charge is -2.16. The molecule has 0 aliphatic carbocycles. The van der Waals surface area contributed by atoms with Gasteiger partial charge in [0.1, 0.15) is 11.5 Å². The highest BCUT2D eigenvalue weighted by Crippen LogP contribution is 2.26. The van der Waals surface area contributed by atoms with Gasteiger partial charge < -0.3 is 20.1 Å². The number of nitrogens with one attached hydrogen (secondary N) is 2. The predicted octanol–water partition coefficient (Wildman–Crippen LogP) is 2.41. The number of rotatable bonds is 13. The minimum atomic E-state index is -0.508. The van der Waals surface area contributed by atoms with E-state index >= 15 is 0 Å². The second kappa shape index (κ2) is 12.7. The van der Waals surface area contributed by atoms with Crippen LogP contribution in [0.5, 0.6) is 11.5 Å². The molecule has 2 atom stereocenters. The number of ether oxygens (including phenoxy) is 2. The zero-order chi connectivity index (χ0) is 27.1. The molecule has 0 bridgehead atoms. The Morgan fingerprint density at radius 1 is 0.632 bits per heavy atom. The Morgan fingerprint density at radius 3 is 1.34 bits per heavy atom. The van der Waals surface area contributed by atoms with E-state index in [9.17, 15) is 19.2 Å². The number of hydrogen-bond donors (Lipinski definition) is 2. The van der Waals surface area contributed by atoms with Gasteiger partial charge in [0.05, 0.1) is 50.5 Å². The first kappa shape index (κ1) is 27.3. The van der Waals surface area contributed by atoms with Crippen LogP contribution >= 0.6 is 0 Å². The SMILES string of the molecule is COc1ccc(N2C(=O)C[C@H](NCCCCCCN[C@@H]3CC(=O)N(c4ccc(OC)cc4)C3=O)C2=O)cc1. The lowest BCUT2D eigenvalue weighted by Crippen LogP contribution is -2.39. The fraction of sp³-hybridized carbons (Fsp3) is 0.429. The molecular formula is C28H34N4O6. The van der Waals surface area contributed by atoms with Crippen LogP contribution in [-0.2, 0) is 19.2 Å². The molecule has 2 N–H and O–H groups in total. The Labute approximate surface area is 222 Å². The average Bonchev–Trinajstić information content (AvgIpc) is 3.38. The molecule has 0 aromatic heterocycles. The minimum Gasteiger partial charge on any atom is -0.497 e. The van der Waals surface area contributed by atoms with Crippen LogP contribution in [-0.4, -0.2) is 63.0 Å². The van der Waals surface area contributed by atoms with Crippen molar-refractivity contribution < 1.29 is 28.7 Å². The molecule has 2 aliphatic rings. The third-order valence-electron chi connectivity index (χ3n) is 6.84. The zero-order valence-corrected chi connectivity index (χ0v) is 21.8. The Bertz CT molecular complexity index is 1060. The Morgan fingerprint density at radius 2 is 1.00 bits per heavy atom. The normalized spacial score (nSPS) is 19.5. The van der Waals surface area contributed by atoms with Gasteiger partial charge in [-0.25, -0.2) is 9.80 Å². The quantitative estimate of drug-likeness (QED) is 0.304. The number of benzene rings is 2. The molecule has 2 heterocycles. The van der Waals surface area contributed by atoms with E-state index in [4.69, 9.17) is 9.47 Å². The molecule has 2 aliphatic heterocycles. The van der Waals surface area contributed by atoms with E-state index < -0.39 is 12.1 Å². The van der Waals surface area contributed by atoms with Crippen molar-refractivity contribution in [3.8, 4) is 11.5 Å². The van der Waals surface area contributed by atoms with Gasteiger partial charge >= 0.3 is 0 Å². The minimum absolute atomic E-state index is 0.149. The van der Waals surface area contributed by atoms with Gasteiger partial charge in [0.15, 0.2) is 0 Å². The van der Waals surface area contributed by atoms with Crippen molar-refractivity contribution in [2.24, 2.45) is 0 Å². The monoisotopic (exact) mass is 522 g/mol. The smallest absolute Gasteiger partial charge is 0.251 e. The summed E-state index contributed by atoms with van der Waals surface area (Å²) in [6.07, 6.45) is 3.93. The maximum absolute atomic E-state index is 12.7. The second-order valence-corrected chi connectivity index (χ2v) is 9.37. The predicted molar refractivity (Wildman–Crippen MR) is 142 cm³/mol. The molecule has 0 spiro atoms. The Kier molecular flexibility index (Phi) is 9.09. The summed E-state index contributed by atoms with van der Waals surface area (Å²) in [4.78, 5) is 52.8. The maximum Gasteiger partial charge on any atom is 0.251 e. The van der Waals surface area contributed by atoms with Gasteiger partial charge in [-0.3, -0.25) is 19.2 Å². The highest BCUT2D eigenvalue weighted by atomic mass is 16.5. The van der Waals surface area contributed by atoms with Gasteiger partial charge in [-0.2, -0.15) is 0 Å². The first-order valence-electron chi connectivity index (χ1n) is 12.9. The summed E-state index contributed by atoms with van der Waals surface area (Å²) >= 11 is 0. The lowest BCUT2D eigenvalue weighted by atomic mass is 10.1. The van der Waals surface area contributed by atoms with Crippen LogP contribution in [0.1, 0.15) is 38.5 Å². The number of carbonyl (C=O) groups is 4. The highest BCUT2D eigenvalue weighted by Gasteiger charge is 2.40. The molecule has 2 aromatic carbocycles. The van der Waals surface area contributed by atoms with Crippen molar-refractivity contribution in [3.05, 3.63) is 48.5 Å². The lowest BCUT2D eigenvalue weighted by molar-refractivity contribution is -0.123. The van der Waals surface area contributed by atoms with Crippen LogP contribution in [0.2, 0.25) is 0 Å². The number of imide groups is 2. The number of hydrogen-bond acceptors (Lipinski definition) is 8. The standard InChI is InChI=1S/C28H34N4O6/c1-37-21-11-7-19(8-12-21)31-25(33)17-23(27(31)35)29-15-5-3-4-6-16-30-24-18-26(34)32(28(24)36)20-9-13-22(38-2)14-10-20/h7-14,23-24,29-30H,3-6,15-18H2,1-2H3/t23-,24+. The Balaban J connectivity index is 1.11. The van der Waals surface area contributed by atoms with Crippen LogP contribution in [0.4, 0.5) is 11.4 Å². The van der Waals surface area contributed by atoms with Crippen molar-refractivity contribution in [2.45, 2.75) is 50.6 Å². The molecule has 0 radical (unpaired) electrons. The summed E-state index contributed by atoms with van der Waals surface area (Å²) in [5, 5.41) is 6.42. The molecule has 10 heteroatoms. The topological polar surface area (TPSA) is 117 Å². The largest absolute Gasteiger partial charge is 0.497 e. The molecule has 2 aromatic rings. The average molecular weight is 523 g/mol. The Hall–Kier alpha value is -3.76. The van der Waals surface area contributed by atoms with Gasteiger partial charge in [0.25, 0.3) is 11.8 Å². The molecule has 202 valence electrons. The third-order valence-corrected chi connectivity index (χ3v) is 6.84. The summed E-state index contributed by atoms with van der Waals surface area (Å²) in [7, 11) is 3.13. The van der Waals surface area contributed by atoms with E-state index in [1.807, 2.05) is 0 Å². The van der Waals surface area contributed by atoms with Gasteiger partial charge in [0, 0.05) is 0 Å². The molecule has 2 fully saturated rings. The second-order valence-electron chi connectivity index (χ2n) is 9.37. The molecule has 0 saturated carbocycles. The summed E-state index contributed by atoms with van der Waals surface area (Å²) in [5.41, 5.74) is 1.10. The number of anilines is 2. The van der Waals surface area contributed by atoms with Crippen LogP contribution in [0.25, 0.3) is 0 Å². The van der Waals surface area contributed by atoms with E-state index in [-0.39, 0.29) is 36.5 Å². The first-order chi connectivity index (χ1) is 18.4. The van der Waals surface area contributed by atoms with Gasteiger partial charge in [-0.1, -0.05) is 12.8 Å². The van der Waals surface area contributed by atoms with Gasteiger partial charge in [-0.15, -0.1) is 0 Å². The van der Waals surface area contributed by atoms with Crippen LogP contribution in [0.15, 0.2) is 48.5 Å². The van der Waals surface area contributed by atoms with E-state index in [0.29, 0.717) is 36.0 Å². The van der Waals surface area contributed by atoms with E-state index in [2.05, 4.69) is 10.6 Å². The summed E-state index contributed by atoms with van der Waals surface area (Å²) in [6, 6.07) is 12.7.